The van der Waals surface area contributed by atoms with Crippen LogP contribution in [0.2, 0.25) is 10.0 Å². The minimum atomic E-state index is -0.390. The zero-order valence-corrected chi connectivity index (χ0v) is 15.2. The Morgan fingerprint density at radius 2 is 1.91 bits per heavy atom. The van der Waals surface area contributed by atoms with Gasteiger partial charge in [-0.15, -0.1) is 0 Å². The number of nitrogens with zero attached hydrogens (tertiary/aromatic N) is 1. The van der Waals surface area contributed by atoms with Gasteiger partial charge in [0.1, 0.15) is 0 Å². The van der Waals surface area contributed by atoms with Gasteiger partial charge in [-0.05, 0) is 37.6 Å². The van der Waals surface area contributed by atoms with Crippen molar-refractivity contribution in [3.63, 3.8) is 0 Å². The number of hydrogen-bond donors (Lipinski definition) is 0. The minimum absolute atomic E-state index is 0.0417. The molecule has 0 spiro atoms. The van der Waals surface area contributed by atoms with Crippen molar-refractivity contribution in [2.24, 2.45) is 5.92 Å². The highest BCUT2D eigenvalue weighted by Gasteiger charge is 2.22. The second kappa shape index (κ2) is 8.94. The fraction of sp³-hybridized carbons (Fsp3) is 0.412. The van der Waals surface area contributed by atoms with Crippen LogP contribution in [0.15, 0.2) is 24.3 Å². The fourth-order valence-corrected chi connectivity index (χ4v) is 2.49. The average molecular weight is 358 g/mol. The molecule has 0 aliphatic heterocycles. The molecule has 126 valence electrons. The van der Waals surface area contributed by atoms with Gasteiger partial charge in [0, 0.05) is 28.7 Å². The van der Waals surface area contributed by atoms with Crippen LogP contribution in [-0.4, -0.2) is 36.5 Å². The molecule has 0 saturated carbocycles. The van der Waals surface area contributed by atoms with Crippen LogP contribution in [0.4, 0.5) is 0 Å². The number of hydrogen-bond acceptors (Lipinski definition) is 3. The first-order valence-corrected chi connectivity index (χ1v) is 8.03. The van der Waals surface area contributed by atoms with E-state index in [1.54, 1.807) is 36.1 Å². The van der Waals surface area contributed by atoms with Gasteiger partial charge in [0.2, 0.25) is 5.91 Å². The molecular weight excluding hydrogens is 337 g/mol. The highest BCUT2D eigenvalue weighted by atomic mass is 35.5. The Morgan fingerprint density at radius 1 is 1.26 bits per heavy atom. The van der Waals surface area contributed by atoms with Crippen molar-refractivity contribution in [2.45, 2.75) is 26.8 Å². The normalized spacial score (nSPS) is 12.5. The van der Waals surface area contributed by atoms with Crippen LogP contribution < -0.4 is 0 Å². The smallest absolute Gasteiger partial charge is 0.310 e. The third kappa shape index (κ3) is 5.88. The van der Waals surface area contributed by atoms with Gasteiger partial charge in [0.25, 0.3) is 0 Å². The summed E-state index contributed by atoms with van der Waals surface area (Å²) < 4.78 is 4.70. The number of carbonyl (C=O) groups is 2. The van der Waals surface area contributed by atoms with Crippen LogP contribution in [0.3, 0.4) is 0 Å². The molecule has 23 heavy (non-hydrogen) atoms. The van der Waals surface area contributed by atoms with E-state index >= 15 is 0 Å². The summed E-state index contributed by atoms with van der Waals surface area (Å²) in [5.74, 6) is -0.922. The van der Waals surface area contributed by atoms with Gasteiger partial charge < -0.3 is 9.64 Å². The van der Waals surface area contributed by atoms with Crippen LogP contribution in [0, 0.1) is 5.92 Å². The van der Waals surface area contributed by atoms with Crippen molar-refractivity contribution in [1.82, 2.24) is 4.90 Å². The van der Waals surface area contributed by atoms with Gasteiger partial charge in [-0.1, -0.05) is 36.2 Å². The van der Waals surface area contributed by atoms with E-state index in [2.05, 4.69) is 0 Å². The third-order valence-electron chi connectivity index (χ3n) is 3.35. The highest BCUT2D eigenvalue weighted by Crippen LogP contribution is 2.22. The van der Waals surface area contributed by atoms with Gasteiger partial charge in [0.05, 0.1) is 13.0 Å². The topological polar surface area (TPSA) is 46.6 Å². The SMILES string of the molecule is COC(=O)C(C)CN(C(=O)/C=C/c1ccc(Cl)cc1Cl)C(C)C. The Balaban J connectivity index is 2.85. The summed E-state index contributed by atoms with van der Waals surface area (Å²) in [5, 5.41) is 1.01. The summed E-state index contributed by atoms with van der Waals surface area (Å²) in [7, 11) is 1.34. The first kappa shape index (κ1) is 19.5. The number of halogens is 2. The van der Waals surface area contributed by atoms with E-state index in [1.807, 2.05) is 13.8 Å². The Morgan fingerprint density at radius 3 is 2.43 bits per heavy atom. The molecule has 0 heterocycles. The monoisotopic (exact) mass is 357 g/mol. The zero-order chi connectivity index (χ0) is 17.6. The summed E-state index contributed by atoms with van der Waals surface area (Å²) in [6, 6.07) is 5.02. The number of esters is 1. The number of amides is 1. The largest absolute Gasteiger partial charge is 0.469 e. The maximum Gasteiger partial charge on any atom is 0.310 e. The Bertz CT molecular complexity index is 600. The lowest BCUT2D eigenvalue weighted by atomic mass is 10.1. The van der Waals surface area contributed by atoms with Crippen LogP contribution in [-0.2, 0) is 14.3 Å². The van der Waals surface area contributed by atoms with Crippen LogP contribution >= 0.6 is 23.2 Å². The summed E-state index contributed by atoms with van der Waals surface area (Å²) in [6.07, 6.45) is 3.08. The maximum atomic E-state index is 12.4. The molecule has 0 aliphatic carbocycles. The van der Waals surface area contributed by atoms with E-state index in [-0.39, 0.29) is 23.8 Å². The van der Waals surface area contributed by atoms with Crippen LogP contribution in [0.25, 0.3) is 6.08 Å². The molecule has 0 radical (unpaired) electrons. The van der Waals surface area contributed by atoms with E-state index < -0.39 is 0 Å². The van der Waals surface area contributed by atoms with Crippen molar-refractivity contribution in [1.29, 1.82) is 0 Å². The second-order valence-corrected chi connectivity index (χ2v) is 6.35. The predicted molar refractivity (Wildman–Crippen MR) is 93.5 cm³/mol. The lowest BCUT2D eigenvalue weighted by Gasteiger charge is -2.27. The Kier molecular flexibility index (Phi) is 7.59. The standard InChI is InChI=1S/C17H21Cl2NO3/c1-11(2)20(10-12(3)17(22)23-4)16(21)8-6-13-5-7-14(18)9-15(13)19/h5-9,11-12H,10H2,1-4H3/b8-6+. The number of benzene rings is 1. The van der Waals surface area contributed by atoms with Gasteiger partial charge in [-0.25, -0.2) is 0 Å². The minimum Gasteiger partial charge on any atom is -0.469 e. The molecule has 1 rings (SSSR count). The van der Waals surface area contributed by atoms with Crippen molar-refractivity contribution in [2.75, 3.05) is 13.7 Å². The summed E-state index contributed by atoms with van der Waals surface area (Å²) in [5.41, 5.74) is 0.703. The first-order valence-electron chi connectivity index (χ1n) is 7.27. The molecule has 1 amide bonds. The second-order valence-electron chi connectivity index (χ2n) is 5.51. The quantitative estimate of drug-likeness (QED) is 0.569. The highest BCUT2D eigenvalue weighted by molar-refractivity contribution is 6.35. The van der Waals surface area contributed by atoms with Crippen LogP contribution in [0.1, 0.15) is 26.3 Å². The van der Waals surface area contributed by atoms with E-state index in [0.29, 0.717) is 22.2 Å². The molecule has 0 fully saturated rings. The molecule has 0 N–H and O–H groups in total. The van der Waals surface area contributed by atoms with E-state index in [9.17, 15) is 9.59 Å². The Hall–Kier alpha value is -1.52. The fourth-order valence-electron chi connectivity index (χ4n) is 2.02. The van der Waals surface area contributed by atoms with E-state index in [1.165, 1.54) is 13.2 Å². The van der Waals surface area contributed by atoms with Crippen molar-refractivity contribution < 1.29 is 14.3 Å². The molecule has 0 saturated heterocycles. The molecular formula is C17H21Cl2NO3. The Labute approximate surface area is 147 Å². The molecule has 1 aromatic carbocycles. The van der Waals surface area contributed by atoms with Gasteiger partial charge in [-0.2, -0.15) is 0 Å². The lowest BCUT2D eigenvalue weighted by molar-refractivity contribution is -0.146. The van der Waals surface area contributed by atoms with E-state index in [4.69, 9.17) is 27.9 Å². The molecule has 1 unspecified atom stereocenters. The van der Waals surface area contributed by atoms with Crippen molar-refractivity contribution >= 4 is 41.2 Å². The number of ether oxygens (including phenoxy) is 1. The van der Waals surface area contributed by atoms with Gasteiger partial charge in [0.15, 0.2) is 0 Å². The number of carbonyl (C=O) groups excluding carboxylic acids is 2. The summed E-state index contributed by atoms with van der Waals surface area (Å²) >= 11 is 11.9. The average Bonchev–Trinajstić information content (AvgIpc) is 2.49. The van der Waals surface area contributed by atoms with Gasteiger partial charge in [-0.3, -0.25) is 9.59 Å². The molecule has 0 aromatic heterocycles. The molecule has 1 atom stereocenters. The molecule has 1 aromatic rings. The van der Waals surface area contributed by atoms with E-state index in [0.717, 1.165) is 0 Å². The lowest BCUT2D eigenvalue weighted by Crippen LogP contribution is -2.40. The predicted octanol–water partition coefficient (Wildman–Crippen LogP) is 4.05. The van der Waals surface area contributed by atoms with Crippen molar-refractivity contribution in [3.05, 3.63) is 39.9 Å². The molecule has 0 bridgehead atoms. The molecule has 6 heteroatoms. The van der Waals surface area contributed by atoms with Crippen LogP contribution in [0.5, 0.6) is 0 Å². The summed E-state index contributed by atoms with van der Waals surface area (Å²) in [4.78, 5) is 25.6. The van der Waals surface area contributed by atoms with Gasteiger partial charge >= 0.3 is 5.97 Å². The zero-order valence-electron chi connectivity index (χ0n) is 13.7. The third-order valence-corrected chi connectivity index (χ3v) is 3.91. The maximum absolute atomic E-state index is 12.4. The number of methoxy groups -OCH3 is 1. The summed E-state index contributed by atoms with van der Waals surface area (Å²) in [6.45, 7) is 5.81. The molecule has 0 aliphatic rings. The first-order chi connectivity index (χ1) is 10.8. The number of rotatable bonds is 6. The van der Waals surface area contributed by atoms with Crippen molar-refractivity contribution in [3.8, 4) is 0 Å². The molecule has 4 nitrogen and oxygen atoms in total.